The van der Waals surface area contributed by atoms with Crippen LogP contribution in [0.4, 0.5) is 17.6 Å². The van der Waals surface area contributed by atoms with E-state index in [2.05, 4.69) is 4.98 Å². The number of carbonyl (C=O) groups is 1. The highest BCUT2D eigenvalue weighted by molar-refractivity contribution is 5.98. The molecule has 3 aromatic rings. The summed E-state index contributed by atoms with van der Waals surface area (Å²) in [6, 6.07) is 8.64. The fourth-order valence-corrected chi connectivity index (χ4v) is 2.68. The molecule has 0 radical (unpaired) electrons. The second kappa shape index (κ2) is 6.23. The quantitative estimate of drug-likeness (QED) is 0.664. The minimum atomic E-state index is -4.76. The van der Waals surface area contributed by atoms with E-state index in [-0.39, 0.29) is 11.3 Å². The van der Waals surface area contributed by atoms with Crippen molar-refractivity contribution in [2.24, 2.45) is 0 Å². The van der Waals surface area contributed by atoms with Crippen molar-refractivity contribution >= 4 is 16.8 Å². The summed E-state index contributed by atoms with van der Waals surface area (Å²) in [5.41, 5.74) is 1.19. The predicted octanol–water partition coefficient (Wildman–Crippen LogP) is 4.65. The largest absolute Gasteiger partial charge is 0.412 e. The fourth-order valence-electron chi connectivity index (χ4n) is 2.68. The lowest BCUT2D eigenvalue weighted by molar-refractivity contribution is -0.155. The predicted molar refractivity (Wildman–Crippen MR) is 85.7 cm³/mol. The lowest BCUT2D eigenvalue weighted by Gasteiger charge is -2.21. The van der Waals surface area contributed by atoms with Crippen molar-refractivity contribution in [2.75, 3.05) is 0 Å². The molecule has 0 aliphatic heterocycles. The van der Waals surface area contributed by atoms with Gasteiger partial charge < -0.3 is 10.3 Å². The van der Waals surface area contributed by atoms with Crippen LogP contribution in [0.3, 0.4) is 0 Å². The molecule has 1 atom stereocenters. The number of alkyl halides is 3. The first kappa shape index (κ1) is 17.0. The van der Waals surface area contributed by atoms with E-state index in [4.69, 9.17) is 0 Å². The Labute approximate surface area is 140 Å². The summed E-state index contributed by atoms with van der Waals surface area (Å²) >= 11 is 0. The zero-order valence-corrected chi connectivity index (χ0v) is 13.1. The Morgan fingerprint density at radius 3 is 2.48 bits per heavy atom. The van der Waals surface area contributed by atoms with Gasteiger partial charge in [-0.2, -0.15) is 13.2 Å². The summed E-state index contributed by atoms with van der Waals surface area (Å²) in [6.45, 7) is 1.83. The van der Waals surface area contributed by atoms with Gasteiger partial charge in [0, 0.05) is 10.9 Å². The first-order valence-corrected chi connectivity index (χ1v) is 7.47. The van der Waals surface area contributed by atoms with Gasteiger partial charge in [-0.15, -0.1) is 0 Å². The van der Waals surface area contributed by atoms with Gasteiger partial charge in [0.2, 0.25) is 0 Å². The van der Waals surface area contributed by atoms with Crippen LogP contribution in [0.25, 0.3) is 10.9 Å². The van der Waals surface area contributed by atoms with Crippen molar-refractivity contribution in [3.05, 3.63) is 71.2 Å². The van der Waals surface area contributed by atoms with Crippen LogP contribution in [0.5, 0.6) is 0 Å². The number of carbonyl (C=O) groups excluding carboxylic acids is 1. The minimum Gasteiger partial charge on any atom is -0.350 e. The third-order valence-corrected chi connectivity index (χ3v) is 3.89. The van der Waals surface area contributed by atoms with Gasteiger partial charge >= 0.3 is 6.18 Å². The number of hydrogen-bond donors (Lipinski definition) is 2. The van der Waals surface area contributed by atoms with E-state index >= 15 is 0 Å². The molecule has 0 saturated heterocycles. The summed E-state index contributed by atoms with van der Waals surface area (Å²) in [5.74, 6) is -1.72. The Bertz CT molecular complexity index is 930. The van der Waals surface area contributed by atoms with E-state index in [0.29, 0.717) is 5.52 Å². The molecule has 25 heavy (non-hydrogen) atoms. The third kappa shape index (κ3) is 3.50. The number of H-pyrrole nitrogens is 1. The second-order valence-corrected chi connectivity index (χ2v) is 5.73. The van der Waals surface area contributed by atoms with Gasteiger partial charge in [-0.3, -0.25) is 4.79 Å². The van der Waals surface area contributed by atoms with Crippen molar-refractivity contribution in [3.8, 4) is 0 Å². The molecule has 0 bridgehead atoms. The van der Waals surface area contributed by atoms with Gasteiger partial charge in [-0.05, 0) is 36.2 Å². The van der Waals surface area contributed by atoms with Crippen molar-refractivity contribution in [3.63, 3.8) is 0 Å². The number of amides is 1. The van der Waals surface area contributed by atoms with E-state index < -0.39 is 23.9 Å². The average molecular weight is 350 g/mol. The molecule has 2 aromatic carbocycles. The maximum absolute atomic E-state index is 13.3. The molecular formula is C18H14F4N2O. The van der Waals surface area contributed by atoms with Crippen LogP contribution in [0, 0.1) is 12.7 Å². The molecule has 1 heterocycles. The molecule has 130 valence electrons. The van der Waals surface area contributed by atoms with Gasteiger partial charge in [-0.1, -0.05) is 30.3 Å². The van der Waals surface area contributed by atoms with Gasteiger partial charge in [0.15, 0.2) is 6.04 Å². The highest BCUT2D eigenvalue weighted by atomic mass is 19.4. The standard InChI is InChI=1S/C18H14F4N2O/c1-10-4-2-5-11-9-14(23-15(10)11)17(25)24-16(18(20,21)22)12-6-3-7-13(19)8-12/h2-9,16,23H,1H3,(H,24,25). The monoisotopic (exact) mass is 350 g/mol. The lowest BCUT2D eigenvalue weighted by atomic mass is 10.1. The Morgan fingerprint density at radius 2 is 1.84 bits per heavy atom. The SMILES string of the molecule is Cc1cccc2cc(C(=O)NC(c3cccc(F)c3)C(F)(F)F)[nH]c12. The smallest absolute Gasteiger partial charge is 0.350 e. The van der Waals surface area contributed by atoms with Crippen molar-refractivity contribution in [1.82, 2.24) is 10.3 Å². The molecular weight excluding hydrogens is 336 g/mol. The number of nitrogens with one attached hydrogen (secondary N) is 2. The van der Waals surface area contributed by atoms with Crippen LogP contribution in [-0.2, 0) is 0 Å². The lowest BCUT2D eigenvalue weighted by Crippen LogP contribution is -2.38. The molecule has 0 spiro atoms. The normalized spacial score (nSPS) is 13.0. The number of benzene rings is 2. The van der Waals surface area contributed by atoms with Gasteiger partial charge in [-0.25, -0.2) is 4.39 Å². The number of rotatable bonds is 3. The molecule has 0 fully saturated rings. The minimum absolute atomic E-state index is 0.00922. The summed E-state index contributed by atoms with van der Waals surface area (Å²) in [4.78, 5) is 15.1. The Kier molecular flexibility index (Phi) is 4.24. The number of halogens is 4. The van der Waals surface area contributed by atoms with Gasteiger partial charge in [0.1, 0.15) is 11.5 Å². The highest BCUT2D eigenvalue weighted by Gasteiger charge is 2.42. The molecule has 1 amide bonds. The van der Waals surface area contributed by atoms with Crippen LogP contribution in [0.2, 0.25) is 0 Å². The molecule has 3 nitrogen and oxygen atoms in total. The summed E-state index contributed by atoms with van der Waals surface area (Å²) in [7, 11) is 0. The van der Waals surface area contributed by atoms with Crippen LogP contribution in [-0.4, -0.2) is 17.1 Å². The Morgan fingerprint density at radius 1 is 1.12 bits per heavy atom. The Hall–Kier alpha value is -2.83. The number of aryl methyl sites for hydroxylation is 1. The fraction of sp³-hybridized carbons (Fsp3) is 0.167. The molecule has 7 heteroatoms. The zero-order chi connectivity index (χ0) is 18.2. The number of aromatic amines is 1. The summed E-state index contributed by atoms with van der Waals surface area (Å²) in [5, 5.41) is 2.66. The number of fused-ring (bicyclic) bond motifs is 1. The molecule has 1 aromatic heterocycles. The summed E-state index contributed by atoms with van der Waals surface area (Å²) < 4.78 is 53.3. The maximum Gasteiger partial charge on any atom is 0.412 e. The van der Waals surface area contributed by atoms with E-state index in [1.54, 1.807) is 12.1 Å². The number of para-hydroxylation sites is 1. The Balaban J connectivity index is 1.93. The first-order valence-electron chi connectivity index (χ1n) is 7.47. The van der Waals surface area contributed by atoms with Crippen LogP contribution >= 0.6 is 0 Å². The van der Waals surface area contributed by atoms with Gasteiger partial charge in [0.25, 0.3) is 5.91 Å². The topological polar surface area (TPSA) is 44.9 Å². The third-order valence-electron chi connectivity index (χ3n) is 3.89. The second-order valence-electron chi connectivity index (χ2n) is 5.73. The molecule has 0 saturated carbocycles. The molecule has 3 rings (SSSR count). The summed E-state index contributed by atoms with van der Waals surface area (Å²) in [6.07, 6.45) is -4.76. The molecule has 2 N–H and O–H groups in total. The average Bonchev–Trinajstić information content (AvgIpc) is 2.97. The van der Waals surface area contributed by atoms with Crippen LogP contribution in [0.15, 0.2) is 48.5 Å². The van der Waals surface area contributed by atoms with E-state index in [1.807, 2.05) is 18.3 Å². The van der Waals surface area contributed by atoms with Crippen LogP contribution in [0.1, 0.15) is 27.7 Å². The maximum atomic E-state index is 13.3. The van der Waals surface area contributed by atoms with E-state index in [1.165, 1.54) is 12.1 Å². The zero-order valence-electron chi connectivity index (χ0n) is 13.1. The molecule has 1 unspecified atom stereocenters. The van der Waals surface area contributed by atoms with Crippen molar-refractivity contribution < 1.29 is 22.4 Å². The number of aromatic nitrogens is 1. The van der Waals surface area contributed by atoms with Crippen LogP contribution < -0.4 is 5.32 Å². The van der Waals surface area contributed by atoms with Gasteiger partial charge in [0.05, 0.1) is 0 Å². The van der Waals surface area contributed by atoms with Crippen molar-refractivity contribution in [1.29, 1.82) is 0 Å². The number of hydrogen-bond acceptors (Lipinski definition) is 1. The van der Waals surface area contributed by atoms with Crippen molar-refractivity contribution in [2.45, 2.75) is 19.1 Å². The highest BCUT2D eigenvalue weighted by Crippen LogP contribution is 2.33. The first-order chi connectivity index (χ1) is 11.8. The molecule has 0 aliphatic rings. The van der Waals surface area contributed by atoms with E-state index in [0.717, 1.165) is 29.1 Å². The van der Waals surface area contributed by atoms with E-state index in [9.17, 15) is 22.4 Å². The molecule has 0 aliphatic carbocycles.